The predicted octanol–water partition coefficient (Wildman–Crippen LogP) is 8.38. The number of hydrogen-bond donors (Lipinski definition) is 3. The van der Waals surface area contributed by atoms with Gasteiger partial charge in [0.2, 0.25) is 0 Å². The van der Waals surface area contributed by atoms with Crippen molar-refractivity contribution in [3.05, 3.63) is 210 Å². The molecule has 6 aromatic rings. The molecule has 0 aliphatic rings. The standard InChI is InChI=1S/C43H40N4O/c1-33(43(37-25-13-5-14-26-37,38-27-15-6-16-28-38)46-42(48)36-23-11-4-12-24-36)47(44)32-41(45-31-34-19-7-2-8-20-34)40-30-18-17-29-39(40)35-21-9-3-10-22-35/h2-30,32-33,45H,31,44H2,1H3,(H,46,48)/b41-32-/t33-/m0/s1. The molecule has 6 rings (SSSR count). The molecule has 0 radical (unpaired) electrons. The van der Waals surface area contributed by atoms with E-state index in [0.717, 1.165) is 39.1 Å². The Morgan fingerprint density at radius 3 is 1.73 bits per heavy atom. The summed E-state index contributed by atoms with van der Waals surface area (Å²) in [4.78, 5) is 14.0. The Morgan fingerprint density at radius 2 is 1.15 bits per heavy atom. The Bertz CT molecular complexity index is 1890. The first kappa shape index (κ1) is 32.0. The van der Waals surface area contributed by atoms with Crippen LogP contribution in [0.15, 0.2) is 182 Å². The lowest BCUT2D eigenvalue weighted by Crippen LogP contribution is -2.60. The zero-order valence-corrected chi connectivity index (χ0v) is 27.0. The van der Waals surface area contributed by atoms with Gasteiger partial charge >= 0.3 is 0 Å². The third kappa shape index (κ3) is 7.07. The van der Waals surface area contributed by atoms with Crippen molar-refractivity contribution in [1.82, 2.24) is 15.6 Å². The van der Waals surface area contributed by atoms with Gasteiger partial charge in [0.1, 0.15) is 5.54 Å². The molecule has 1 atom stereocenters. The quantitative estimate of drug-likeness (QED) is 0.0941. The van der Waals surface area contributed by atoms with E-state index in [-0.39, 0.29) is 5.91 Å². The second-order valence-corrected chi connectivity index (χ2v) is 11.8. The Hall–Kier alpha value is -5.91. The summed E-state index contributed by atoms with van der Waals surface area (Å²) in [5, 5.41) is 8.88. The molecule has 1 amide bonds. The van der Waals surface area contributed by atoms with E-state index in [1.54, 1.807) is 5.01 Å². The maximum atomic E-state index is 14.0. The number of hydrazine groups is 1. The third-order valence-electron chi connectivity index (χ3n) is 8.78. The van der Waals surface area contributed by atoms with Crippen LogP contribution in [-0.2, 0) is 12.1 Å². The minimum absolute atomic E-state index is 0.190. The molecule has 48 heavy (non-hydrogen) atoms. The summed E-state index contributed by atoms with van der Waals surface area (Å²) in [6, 6.07) is 58.0. The largest absolute Gasteiger partial charge is 0.379 e. The van der Waals surface area contributed by atoms with Gasteiger partial charge in [0.15, 0.2) is 0 Å². The van der Waals surface area contributed by atoms with Crippen LogP contribution in [0.1, 0.15) is 39.5 Å². The van der Waals surface area contributed by atoms with E-state index >= 15 is 0 Å². The van der Waals surface area contributed by atoms with Crippen molar-refractivity contribution >= 4 is 11.6 Å². The molecule has 0 aliphatic carbocycles. The molecular weight excluding hydrogens is 589 g/mol. The van der Waals surface area contributed by atoms with Gasteiger partial charge in [-0.3, -0.25) is 4.79 Å². The highest BCUT2D eigenvalue weighted by Gasteiger charge is 2.43. The molecule has 0 spiro atoms. The van der Waals surface area contributed by atoms with E-state index in [9.17, 15) is 4.79 Å². The Morgan fingerprint density at radius 1 is 0.667 bits per heavy atom. The molecule has 5 nitrogen and oxygen atoms in total. The van der Waals surface area contributed by atoms with E-state index in [0.29, 0.717) is 12.1 Å². The lowest BCUT2D eigenvalue weighted by molar-refractivity contribution is 0.0856. The van der Waals surface area contributed by atoms with Crippen molar-refractivity contribution in [2.45, 2.75) is 25.0 Å². The van der Waals surface area contributed by atoms with Gasteiger partial charge in [0, 0.05) is 23.9 Å². The molecule has 0 heterocycles. The van der Waals surface area contributed by atoms with Crippen molar-refractivity contribution in [3.8, 4) is 11.1 Å². The maximum Gasteiger partial charge on any atom is 0.252 e. The molecule has 6 aromatic carbocycles. The number of nitrogens with zero attached hydrogens (tertiary/aromatic N) is 1. The monoisotopic (exact) mass is 628 g/mol. The number of carbonyl (C=O) groups is 1. The number of hydrogen-bond acceptors (Lipinski definition) is 4. The van der Waals surface area contributed by atoms with E-state index in [4.69, 9.17) is 5.84 Å². The minimum atomic E-state index is -1.02. The first-order valence-electron chi connectivity index (χ1n) is 16.2. The second kappa shape index (κ2) is 15.1. The van der Waals surface area contributed by atoms with Crippen LogP contribution in [0, 0.1) is 0 Å². The Labute approximate surface area is 283 Å². The molecule has 0 unspecified atom stereocenters. The van der Waals surface area contributed by atoms with Gasteiger partial charge in [-0.05, 0) is 46.9 Å². The van der Waals surface area contributed by atoms with E-state index < -0.39 is 11.6 Å². The van der Waals surface area contributed by atoms with Gasteiger partial charge in [0.05, 0.1) is 11.7 Å². The molecule has 0 aromatic heterocycles. The molecule has 238 valence electrons. The zero-order chi connectivity index (χ0) is 33.2. The first-order chi connectivity index (χ1) is 23.6. The van der Waals surface area contributed by atoms with Gasteiger partial charge in [-0.2, -0.15) is 0 Å². The molecule has 0 bridgehead atoms. The van der Waals surface area contributed by atoms with Crippen molar-refractivity contribution in [2.24, 2.45) is 5.84 Å². The Kier molecular flexibility index (Phi) is 10.1. The van der Waals surface area contributed by atoms with Crippen LogP contribution in [0.25, 0.3) is 16.8 Å². The highest BCUT2D eigenvalue weighted by Crippen LogP contribution is 2.37. The van der Waals surface area contributed by atoms with Crippen LogP contribution in [0.2, 0.25) is 0 Å². The summed E-state index contributed by atoms with van der Waals surface area (Å²) < 4.78 is 0. The van der Waals surface area contributed by atoms with Crippen LogP contribution < -0.4 is 16.5 Å². The average Bonchev–Trinajstić information content (AvgIpc) is 3.17. The van der Waals surface area contributed by atoms with Gasteiger partial charge in [-0.1, -0.05) is 164 Å². The summed E-state index contributed by atoms with van der Waals surface area (Å²) in [7, 11) is 0. The number of carbonyl (C=O) groups excluding carboxylic acids is 1. The molecular formula is C43H40N4O. The fraction of sp³-hybridized carbons (Fsp3) is 0.0930. The molecule has 0 saturated carbocycles. The summed E-state index contributed by atoms with van der Waals surface area (Å²) >= 11 is 0. The van der Waals surface area contributed by atoms with Crippen molar-refractivity contribution < 1.29 is 4.79 Å². The normalized spacial score (nSPS) is 12.2. The number of amides is 1. The summed E-state index contributed by atoms with van der Waals surface area (Å²) in [6.45, 7) is 2.66. The van der Waals surface area contributed by atoms with Crippen LogP contribution in [0.5, 0.6) is 0 Å². The molecule has 0 fully saturated rings. The first-order valence-corrected chi connectivity index (χ1v) is 16.2. The van der Waals surface area contributed by atoms with Crippen molar-refractivity contribution in [2.75, 3.05) is 0 Å². The number of nitrogens with one attached hydrogen (secondary N) is 2. The highest BCUT2D eigenvalue weighted by atomic mass is 16.1. The lowest BCUT2D eigenvalue weighted by Gasteiger charge is -2.44. The summed E-state index contributed by atoms with van der Waals surface area (Å²) in [5.74, 6) is 6.96. The number of rotatable bonds is 12. The van der Waals surface area contributed by atoms with Gasteiger partial charge in [-0.15, -0.1) is 0 Å². The Balaban J connectivity index is 1.48. The van der Waals surface area contributed by atoms with Crippen LogP contribution in [0.3, 0.4) is 0 Å². The SMILES string of the molecule is C[C@H](N(N)/C=C(\NCc1ccccc1)c1ccccc1-c1ccccc1)C(NC(=O)c1ccccc1)(c1ccccc1)c1ccccc1. The van der Waals surface area contributed by atoms with Gasteiger partial charge in [-0.25, -0.2) is 5.84 Å². The van der Waals surface area contributed by atoms with E-state index in [2.05, 4.69) is 60.0 Å². The zero-order valence-electron chi connectivity index (χ0n) is 27.0. The topological polar surface area (TPSA) is 70.4 Å². The predicted molar refractivity (Wildman–Crippen MR) is 196 cm³/mol. The lowest BCUT2D eigenvalue weighted by atomic mass is 9.76. The fourth-order valence-corrected chi connectivity index (χ4v) is 6.22. The molecule has 4 N–H and O–H groups in total. The van der Waals surface area contributed by atoms with Crippen LogP contribution >= 0.6 is 0 Å². The summed E-state index contributed by atoms with van der Waals surface area (Å²) in [6.07, 6.45) is 1.96. The average molecular weight is 629 g/mol. The number of nitrogens with two attached hydrogens (primary N) is 1. The van der Waals surface area contributed by atoms with Crippen LogP contribution in [0.4, 0.5) is 0 Å². The number of benzene rings is 6. The third-order valence-corrected chi connectivity index (χ3v) is 8.78. The fourth-order valence-electron chi connectivity index (χ4n) is 6.22. The smallest absolute Gasteiger partial charge is 0.252 e. The second-order valence-electron chi connectivity index (χ2n) is 11.8. The van der Waals surface area contributed by atoms with Crippen molar-refractivity contribution in [1.29, 1.82) is 0 Å². The minimum Gasteiger partial charge on any atom is -0.379 e. The maximum absolute atomic E-state index is 14.0. The van der Waals surface area contributed by atoms with Gasteiger partial charge in [0.25, 0.3) is 5.91 Å². The molecule has 0 aliphatic heterocycles. The molecule has 5 heteroatoms. The summed E-state index contributed by atoms with van der Waals surface area (Å²) in [5.41, 5.74) is 6.59. The van der Waals surface area contributed by atoms with Gasteiger partial charge < -0.3 is 15.6 Å². The van der Waals surface area contributed by atoms with Crippen molar-refractivity contribution in [3.63, 3.8) is 0 Å². The van der Waals surface area contributed by atoms with Crippen LogP contribution in [-0.4, -0.2) is 17.0 Å². The molecule has 0 saturated heterocycles. The highest BCUT2D eigenvalue weighted by molar-refractivity contribution is 5.95. The van der Waals surface area contributed by atoms with E-state index in [1.165, 1.54) is 0 Å². The van der Waals surface area contributed by atoms with E-state index in [1.807, 2.05) is 140 Å².